The van der Waals surface area contributed by atoms with Crippen molar-refractivity contribution in [1.82, 2.24) is 9.55 Å². The van der Waals surface area contributed by atoms with Gasteiger partial charge in [-0.1, -0.05) is 5.16 Å². The van der Waals surface area contributed by atoms with Crippen molar-refractivity contribution in [3.63, 3.8) is 0 Å². The fourth-order valence-electron chi connectivity index (χ4n) is 3.11. The van der Waals surface area contributed by atoms with Crippen molar-refractivity contribution in [3.05, 3.63) is 26.6 Å². The Labute approximate surface area is 113 Å². The zero-order valence-electron chi connectivity index (χ0n) is 10.3. The first-order valence-electron chi connectivity index (χ1n) is 6.56. The van der Waals surface area contributed by atoms with E-state index in [1.54, 1.807) is 4.57 Å². The van der Waals surface area contributed by atoms with Crippen molar-refractivity contribution in [2.24, 2.45) is 5.16 Å². The van der Waals surface area contributed by atoms with E-state index in [2.05, 4.69) is 10.1 Å². The van der Waals surface area contributed by atoms with Gasteiger partial charge < -0.3 is 5.21 Å². The summed E-state index contributed by atoms with van der Waals surface area (Å²) in [5.41, 5.74) is 1.83. The van der Waals surface area contributed by atoms with E-state index >= 15 is 0 Å². The molecule has 5 nitrogen and oxygen atoms in total. The van der Waals surface area contributed by atoms with E-state index < -0.39 is 0 Å². The van der Waals surface area contributed by atoms with Crippen LogP contribution in [0.4, 0.5) is 0 Å². The van der Waals surface area contributed by atoms with Crippen LogP contribution in [0.5, 0.6) is 0 Å². The van der Waals surface area contributed by atoms with Crippen LogP contribution in [0, 0.1) is 0 Å². The first-order chi connectivity index (χ1) is 9.29. The highest BCUT2D eigenvalue weighted by Gasteiger charge is 2.26. The van der Waals surface area contributed by atoms with E-state index in [9.17, 15) is 4.79 Å². The van der Waals surface area contributed by atoms with E-state index in [1.165, 1.54) is 11.3 Å². The predicted octanol–water partition coefficient (Wildman–Crippen LogP) is 1.92. The normalized spacial score (nSPS) is 19.9. The Morgan fingerprint density at radius 3 is 3.00 bits per heavy atom. The zero-order chi connectivity index (χ0) is 13.0. The zero-order valence-corrected chi connectivity index (χ0v) is 11.2. The lowest BCUT2D eigenvalue weighted by molar-refractivity contribution is 0.317. The van der Waals surface area contributed by atoms with Gasteiger partial charge in [-0.25, -0.2) is 4.98 Å². The Morgan fingerprint density at radius 1 is 1.26 bits per heavy atom. The molecule has 3 heterocycles. The third kappa shape index (κ3) is 1.43. The van der Waals surface area contributed by atoms with E-state index in [4.69, 9.17) is 5.21 Å². The number of aryl methyl sites for hydroxylation is 2. The van der Waals surface area contributed by atoms with Crippen molar-refractivity contribution in [2.45, 2.75) is 38.6 Å². The van der Waals surface area contributed by atoms with Crippen molar-refractivity contribution in [3.8, 4) is 0 Å². The van der Waals surface area contributed by atoms with Crippen LogP contribution in [0.15, 0.2) is 9.95 Å². The Morgan fingerprint density at radius 2 is 2.16 bits per heavy atom. The van der Waals surface area contributed by atoms with Crippen molar-refractivity contribution in [2.75, 3.05) is 0 Å². The molecule has 0 amide bonds. The van der Waals surface area contributed by atoms with E-state index in [0.29, 0.717) is 5.71 Å². The quantitative estimate of drug-likeness (QED) is 0.590. The van der Waals surface area contributed by atoms with Crippen LogP contribution in [0.2, 0.25) is 0 Å². The molecule has 0 saturated carbocycles. The lowest BCUT2D eigenvalue weighted by Gasteiger charge is -2.11. The van der Waals surface area contributed by atoms with Gasteiger partial charge in [0.15, 0.2) is 0 Å². The number of rotatable bonds is 0. The third-order valence-corrected chi connectivity index (χ3v) is 5.17. The van der Waals surface area contributed by atoms with Crippen LogP contribution in [-0.2, 0) is 19.4 Å². The standard InChI is InChI=1S/C13H13N3O2S/c17-13-10-7-3-1-4-8(15-18)11(7)19-12(10)14-9-5-2-6-16(9)13/h18H,1-6H2. The molecule has 1 N–H and O–H groups in total. The molecule has 2 aromatic rings. The number of hydrogen-bond acceptors (Lipinski definition) is 5. The maximum Gasteiger partial charge on any atom is 0.262 e. The second-order valence-corrected chi connectivity index (χ2v) is 6.08. The molecule has 1 aliphatic heterocycles. The molecule has 0 unspecified atom stereocenters. The molecule has 98 valence electrons. The van der Waals surface area contributed by atoms with Crippen LogP contribution >= 0.6 is 11.3 Å². The molecule has 0 aromatic carbocycles. The molecular weight excluding hydrogens is 262 g/mol. The lowest BCUT2D eigenvalue weighted by Crippen LogP contribution is -2.21. The molecule has 6 heteroatoms. The van der Waals surface area contributed by atoms with Crippen molar-refractivity contribution < 1.29 is 5.21 Å². The second-order valence-electron chi connectivity index (χ2n) is 5.08. The maximum absolute atomic E-state index is 12.6. The Bertz CT molecular complexity index is 772. The minimum Gasteiger partial charge on any atom is -0.411 e. The fourth-order valence-corrected chi connectivity index (χ4v) is 4.36. The van der Waals surface area contributed by atoms with Crippen LogP contribution in [0.1, 0.15) is 35.5 Å². The highest BCUT2D eigenvalue weighted by Crippen LogP contribution is 2.34. The predicted molar refractivity (Wildman–Crippen MR) is 73.5 cm³/mol. The molecule has 0 bridgehead atoms. The average Bonchev–Trinajstić information content (AvgIpc) is 3.02. The minimum atomic E-state index is 0.0918. The molecule has 0 atom stereocenters. The lowest BCUT2D eigenvalue weighted by atomic mass is 9.96. The molecule has 2 aliphatic rings. The maximum atomic E-state index is 12.6. The molecular formula is C13H13N3O2S. The molecule has 0 saturated heterocycles. The SMILES string of the molecule is O=c1c2c3c(sc2nc2n1CCC2)C(=NO)CCC3. The third-order valence-electron chi connectivity index (χ3n) is 3.99. The van der Waals surface area contributed by atoms with Gasteiger partial charge in [0.1, 0.15) is 10.7 Å². The smallest absolute Gasteiger partial charge is 0.262 e. The number of oxime groups is 1. The van der Waals surface area contributed by atoms with Crippen LogP contribution in [-0.4, -0.2) is 20.5 Å². The molecule has 4 rings (SSSR count). The summed E-state index contributed by atoms with van der Waals surface area (Å²) >= 11 is 1.50. The second kappa shape index (κ2) is 3.90. The minimum absolute atomic E-state index is 0.0918. The number of thiophene rings is 1. The van der Waals surface area contributed by atoms with Gasteiger partial charge in [-0.05, 0) is 31.2 Å². The summed E-state index contributed by atoms with van der Waals surface area (Å²) in [6.45, 7) is 0.780. The first-order valence-corrected chi connectivity index (χ1v) is 7.37. The summed E-state index contributed by atoms with van der Waals surface area (Å²) in [6, 6.07) is 0. The number of aromatic nitrogens is 2. The summed E-state index contributed by atoms with van der Waals surface area (Å²) in [7, 11) is 0. The van der Waals surface area contributed by atoms with E-state index in [0.717, 1.165) is 65.1 Å². The van der Waals surface area contributed by atoms with Crippen molar-refractivity contribution >= 4 is 27.3 Å². The summed E-state index contributed by atoms with van der Waals surface area (Å²) in [5, 5.41) is 13.2. The Balaban J connectivity index is 2.11. The molecule has 0 radical (unpaired) electrons. The number of hydrogen-bond donors (Lipinski definition) is 1. The average molecular weight is 275 g/mol. The Kier molecular flexibility index (Phi) is 2.29. The first kappa shape index (κ1) is 11.2. The highest BCUT2D eigenvalue weighted by molar-refractivity contribution is 7.20. The summed E-state index contributed by atoms with van der Waals surface area (Å²) in [5.74, 6) is 0.901. The molecule has 19 heavy (non-hydrogen) atoms. The van der Waals surface area contributed by atoms with Crippen LogP contribution < -0.4 is 5.56 Å². The molecule has 0 spiro atoms. The van der Waals surface area contributed by atoms with Gasteiger partial charge in [0.05, 0.1) is 16.0 Å². The highest BCUT2D eigenvalue weighted by atomic mass is 32.1. The number of nitrogens with zero attached hydrogens (tertiary/aromatic N) is 3. The van der Waals surface area contributed by atoms with Gasteiger partial charge >= 0.3 is 0 Å². The molecule has 1 aliphatic carbocycles. The van der Waals surface area contributed by atoms with Gasteiger partial charge in [0.25, 0.3) is 5.56 Å². The Hall–Kier alpha value is -1.69. The topological polar surface area (TPSA) is 67.5 Å². The fraction of sp³-hybridized carbons (Fsp3) is 0.462. The van der Waals surface area contributed by atoms with Gasteiger partial charge in [-0.2, -0.15) is 0 Å². The van der Waals surface area contributed by atoms with Gasteiger partial charge in [-0.15, -0.1) is 11.3 Å². The summed E-state index contributed by atoms with van der Waals surface area (Å²) < 4.78 is 1.81. The molecule has 0 fully saturated rings. The van der Waals surface area contributed by atoms with Gasteiger partial charge in [0, 0.05) is 13.0 Å². The van der Waals surface area contributed by atoms with E-state index in [1.807, 2.05) is 0 Å². The monoisotopic (exact) mass is 275 g/mol. The summed E-state index contributed by atoms with van der Waals surface area (Å²) in [4.78, 5) is 19.0. The summed E-state index contributed by atoms with van der Waals surface area (Å²) in [6.07, 6.45) is 4.47. The largest absolute Gasteiger partial charge is 0.411 e. The van der Waals surface area contributed by atoms with Crippen LogP contribution in [0.3, 0.4) is 0 Å². The van der Waals surface area contributed by atoms with Crippen molar-refractivity contribution in [1.29, 1.82) is 0 Å². The van der Waals surface area contributed by atoms with Crippen LogP contribution in [0.25, 0.3) is 10.2 Å². The van der Waals surface area contributed by atoms with E-state index in [-0.39, 0.29) is 5.56 Å². The van der Waals surface area contributed by atoms with Gasteiger partial charge in [0.2, 0.25) is 0 Å². The number of fused-ring (bicyclic) bond motifs is 4. The van der Waals surface area contributed by atoms with Gasteiger partial charge in [-0.3, -0.25) is 9.36 Å². The molecule has 2 aromatic heterocycles.